The summed E-state index contributed by atoms with van der Waals surface area (Å²) in [5, 5.41) is 2.31. The van der Waals surface area contributed by atoms with Crippen molar-refractivity contribution in [2.24, 2.45) is 0 Å². The van der Waals surface area contributed by atoms with Gasteiger partial charge in [0.2, 0.25) is 0 Å². The molecule has 0 saturated carbocycles. The second-order valence-electron chi connectivity index (χ2n) is 3.47. The molecule has 1 aromatic carbocycles. The molecule has 0 aliphatic rings. The molecule has 0 aliphatic heterocycles. The maximum absolute atomic E-state index is 11.7. The molecule has 17 heavy (non-hydrogen) atoms. The van der Waals surface area contributed by atoms with E-state index >= 15 is 0 Å². The number of hydrogen-bond donors (Lipinski definition) is 1. The van der Waals surface area contributed by atoms with Crippen LogP contribution in [0.1, 0.15) is 12.5 Å². The third kappa shape index (κ3) is 3.20. The summed E-state index contributed by atoms with van der Waals surface area (Å²) in [5.41, 5.74) is 0.563. The van der Waals surface area contributed by atoms with Gasteiger partial charge >= 0.3 is 6.09 Å². The Labute approximate surface area is 101 Å². The molecule has 1 amide bonds. The van der Waals surface area contributed by atoms with Crippen LogP contribution in [0.2, 0.25) is 0 Å². The topological polar surface area (TPSA) is 72.5 Å². The molecule has 0 bridgehead atoms. The monoisotopic (exact) mass is 257 g/mol. The van der Waals surface area contributed by atoms with Crippen LogP contribution in [0.3, 0.4) is 0 Å². The average molecular weight is 257 g/mol. The Kier molecular flexibility index (Phi) is 4.11. The molecule has 0 fully saturated rings. The van der Waals surface area contributed by atoms with Crippen molar-refractivity contribution in [1.29, 1.82) is 0 Å². The zero-order valence-electron chi connectivity index (χ0n) is 9.98. The van der Waals surface area contributed by atoms with Crippen LogP contribution in [-0.2, 0) is 9.84 Å². The van der Waals surface area contributed by atoms with Crippen molar-refractivity contribution < 1.29 is 17.9 Å². The van der Waals surface area contributed by atoms with E-state index in [2.05, 4.69) is 5.32 Å². The summed E-state index contributed by atoms with van der Waals surface area (Å²) in [6.07, 6.45) is -0.588. The number of carbonyl (C=O) groups excluding carboxylic acids is 1. The first-order chi connectivity index (χ1) is 7.90. The van der Waals surface area contributed by atoms with E-state index in [-0.39, 0.29) is 10.6 Å². The molecule has 1 aromatic rings. The number of carbonyl (C=O) groups is 1. The second kappa shape index (κ2) is 5.18. The minimum Gasteiger partial charge on any atom is -0.410 e. The Hall–Kier alpha value is -1.56. The Morgan fingerprint density at radius 1 is 1.41 bits per heavy atom. The molecule has 0 unspecified atom stereocenters. The molecule has 0 radical (unpaired) electrons. The van der Waals surface area contributed by atoms with E-state index in [4.69, 9.17) is 4.74 Å². The van der Waals surface area contributed by atoms with Gasteiger partial charge in [-0.1, -0.05) is 6.92 Å². The highest BCUT2D eigenvalue weighted by Crippen LogP contribution is 2.22. The molecule has 5 nitrogen and oxygen atoms in total. The van der Waals surface area contributed by atoms with Gasteiger partial charge in [-0.05, 0) is 30.7 Å². The van der Waals surface area contributed by atoms with Crippen molar-refractivity contribution in [1.82, 2.24) is 5.32 Å². The maximum Gasteiger partial charge on any atom is 0.412 e. The van der Waals surface area contributed by atoms with Crippen LogP contribution in [0, 0.1) is 6.92 Å². The van der Waals surface area contributed by atoms with Crippen LogP contribution in [0.5, 0.6) is 5.75 Å². The molecular formula is C11H15NO4S. The van der Waals surface area contributed by atoms with Gasteiger partial charge in [-0.25, -0.2) is 13.2 Å². The zero-order chi connectivity index (χ0) is 13.1. The molecule has 1 rings (SSSR count). The summed E-state index contributed by atoms with van der Waals surface area (Å²) in [6, 6.07) is 4.44. The van der Waals surface area contributed by atoms with Gasteiger partial charge in [-0.3, -0.25) is 0 Å². The number of sulfone groups is 1. The summed E-state index contributed by atoms with van der Waals surface area (Å²) in [7, 11) is -1.79. The SMILES string of the molecule is CCS(=O)(=O)c1ccc(OC(=O)NC)cc1C. The number of hydrogen-bond acceptors (Lipinski definition) is 4. The molecule has 0 aliphatic carbocycles. The molecule has 0 spiro atoms. The number of nitrogens with one attached hydrogen (secondary N) is 1. The van der Waals surface area contributed by atoms with Crippen molar-refractivity contribution >= 4 is 15.9 Å². The molecule has 1 N–H and O–H groups in total. The molecule has 0 saturated heterocycles. The van der Waals surface area contributed by atoms with E-state index in [0.29, 0.717) is 11.3 Å². The lowest BCUT2D eigenvalue weighted by Crippen LogP contribution is -2.22. The van der Waals surface area contributed by atoms with Crippen LogP contribution in [-0.4, -0.2) is 27.3 Å². The molecular weight excluding hydrogens is 242 g/mol. The highest BCUT2D eigenvalue weighted by molar-refractivity contribution is 7.91. The van der Waals surface area contributed by atoms with Crippen molar-refractivity contribution in [2.75, 3.05) is 12.8 Å². The predicted octanol–water partition coefficient (Wildman–Crippen LogP) is 1.51. The largest absolute Gasteiger partial charge is 0.412 e. The van der Waals surface area contributed by atoms with Gasteiger partial charge in [0.15, 0.2) is 9.84 Å². The van der Waals surface area contributed by atoms with Crippen LogP contribution < -0.4 is 10.1 Å². The third-order valence-corrected chi connectivity index (χ3v) is 4.16. The number of amides is 1. The Morgan fingerprint density at radius 2 is 2.06 bits per heavy atom. The van der Waals surface area contributed by atoms with Gasteiger partial charge in [0.1, 0.15) is 5.75 Å². The minimum absolute atomic E-state index is 0.0451. The fourth-order valence-corrected chi connectivity index (χ4v) is 2.48. The van der Waals surface area contributed by atoms with Crippen LogP contribution in [0.15, 0.2) is 23.1 Å². The third-order valence-electron chi connectivity index (χ3n) is 2.28. The first-order valence-electron chi connectivity index (χ1n) is 5.13. The second-order valence-corrected chi connectivity index (χ2v) is 5.72. The van der Waals surface area contributed by atoms with E-state index < -0.39 is 15.9 Å². The molecule has 0 aromatic heterocycles. The van der Waals surface area contributed by atoms with Gasteiger partial charge in [-0.2, -0.15) is 0 Å². The maximum atomic E-state index is 11.7. The Morgan fingerprint density at radius 3 is 2.53 bits per heavy atom. The lowest BCUT2D eigenvalue weighted by atomic mass is 10.2. The fourth-order valence-electron chi connectivity index (χ4n) is 1.35. The molecule has 0 atom stereocenters. The van der Waals surface area contributed by atoms with Gasteiger partial charge in [-0.15, -0.1) is 0 Å². The smallest absolute Gasteiger partial charge is 0.410 e. The van der Waals surface area contributed by atoms with Crippen molar-refractivity contribution in [3.05, 3.63) is 23.8 Å². The quantitative estimate of drug-likeness (QED) is 0.890. The summed E-state index contributed by atoms with van der Waals surface area (Å²) in [4.78, 5) is 11.2. The average Bonchev–Trinajstić information content (AvgIpc) is 2.28. The first kappa shape index (κ1) is 13.5. The Bertz CT molecular complexity index is 522. The zero-order valence-corrected chi connectivity index (χ0v) is 10.8. The van der Waals surface area contributed by atoms with E-state index in [9.17, 15) is 13.2 Å². The summed E-state index contributed by atoms with van der Waals surface area (Å²) in [5.74, 6) is 0.362. The molecule has 94 valence electrons. The number of ether oxygens (including phenoxy) is 1. The van der Waals surface area contributed by atoms with Crippen molar-refractivity contribution in [3.63, 3.8) is 0 Å². The summed E-state index contributed by atoms with van der Waals surface area (Å²) >= 11 is 0. The molecule has 0 heterocycles. The van der Waals surface area contributed by atoms with Crippen LogP contribution in [0.4, 0.5) is 4.79 Å². The highest BCUT2D eigenvalue weighted by atomic mass is 32.2. The number of benzene rings is 1. The van der Waals surface area contributed by atoms with E-state index in [1.807, 2.05) is 0 Å². The van der Waals surface area contributed by atoms with Crippen molar-refractivity contribution in [2.45, 2.75) is 18.7 Å². The van der Waals surface area contributed by atoms with E-state index in [0.717, 1.165) is 0 Å². The van der Waals surface area contributed by atoms with Gasteiger partial charge in [0.05, 0.1) is 10.6 Å². The lowest BCUT2D eigenvalue weighted by Gasteiger charge is -2.08. The summed E-state index contributed by atoms with van der Waals surface area (Å²) < 4.78 is 28.3. The molecule has 6 heteroatoms. The van der Waals surface area contributed by atoms with Gasteiger partial charge in [0.25, 0.3) is 0 Å². The highest BCUT2D eigenvalue weighted by Gasteiger charge is 2.15. The normalized spacial score (nSPS) is 11.0. The Balaban J connectivity index is 3.07. The number of aryl methyl sites for hydroxylation is 1. The first-order valence-corrected chi connectivity index (χ1v) is 6.79. The standard InChI is InChI=1S/C11H15NO4S/c1-4-17(14,15)10-6-5-9(7-8(10)2)16-11(13)12-3/h5-7H,4H2,1-3H3,(H,12,13). The van der Waals surface area contributed by atoms with E-state index in [1.54, 1.807) is 13.8 Å². The number of rotatable bonds is 3. The van der Waals surface area contributed by atoms with Crippen molar-refractivity contribution in [3.8, 4) is 5.75 Å². The minimum atomic E-state index is -3.24. The predicted molar refractivity (Wildman–Crippen MR) is 64.0 cm³/mol. The van der Waals surface area contributed by atoms with E-state index in [1.165, 1.54) is 25.2 Å². The summed E-state index contributed by atoms with van der Waals surface area (Å²) in [6.45, 7) is 3.25. The van der Waals surface area contributed by atoms with Crippen LogP contribution in [0.25, 0.3) is 0 Å². The lowest BCUT2D eigenvalue weighted by molar-refractivity contribution is 0.203. The van der Waals surface area contributed by atoms with Crippen LogP contribution >= 0.6 is 0 Å². The fraction of sp³-hybridized carbons (Fsp3) is 0.364. The van der Waals surface area contributed by atoms with Gasteiger partial charge in [0, 0.05) is 7.05 Å². The van der Waals surface area contributed by atoms with Gasteiger partial charge < -0.3 is 10.1 Å².